The van der Waals surface area contributed by atoms with E-state index in [0.717, 1.165) is 17.8 Å². The zero-order valence-corrected chi connectivity index (χ0v) is 11.8. The van der Waals surface area contributed by atoms with Crippen molar-refractivity contribution in [1.29, 1.82) is 0 Å². The van der Waals surface area contributed by atoms with Crippen LogP contribution in [0.2, 0.25) is 0 Å². The summed E-state index contributed by atoms with van der Waals surface area (Å²) in [5.74, 6) is 3.99. The van der Waals surface area contributed by atoms with E-state index in [0.29, 0.717) is 22.4 Å². The van der Waals surface area contributed by atoms with Gasteiger partial charge in [0.25, 0.3) is 0 Å². The Morgan fingerprint density at radius 3 is 2.11 bits per heavy atom. The topological polar surface area (TPSA) is 29.1 Å². The fourth-order valence-corrected chi connectivity index (χ4v) is 6.50. The maximum Gasteiger partial charge on any atom is 0.230 e. The molecule has 5 aliphatic rings. The molecular weight excluding hydrogens is 242 g/mol. The molecule has 0 radical (unpaired) electrons. The largest absolute Gasteiger partial charge is 0.353 e. The molecule has 0 aromatic heterocycles. The molecule has 0 atom stereocenters. The van der Waals surface area contributed by atoms with Crippen LogP contribution in [-0.2, 0) is 4.79 Å². The predicted molar refractivity (Wildman–Crippen MR) is 74.5 cm³/mol. The Morgan fingerprint density at radius 2 is 1.61 bits per heavy atom. The Morgan fingerprint density at radius 1 is 1.06 bits per heavy atom. The fourth-order valence-electron chi connectivity index (χ4n) is 4.92. The molecule has 5 rings (SSSR count). The van der Waals surface area contributed by atoms with Crippen molar-refractivity contribution in [3.8, 4) is 0 Å². The number of carbonyl (C=O) groups excluding carboxylic acids is 1. The number of nitrogens with one attached hydrogen (secondary N) is 1. The molecule has 0 saturated heterocycles. The van der Waals surface area contributed by atoms with Crippen LogP contribution in [0.1, 0.15) is 51.4 Å². The highest BCUT2D eigenvalue weighted by Gasteiger charge is 2.51. The van der Waals surface area contributed by atoms with E-state index in [1.165, 1.54) is 51.4 Å². The van der Waals surface area contributed by atoms with Crippen LogP contribution in [0.5, 0.6) is 0 Å². The van der Waals surface area contributed by atoms with Gasteiger partial charge in [-0.25, -0.2) is 0 Å². The summed E-state index contributed by atoms with van der Waals surface area (Å²) in [4.78, 5) is 11.9. The third kappa shape index (κ3) is 2.19. The van der Waals surface area contributed by atoms with Crippen LogP contribution in [0.3, 0.4) is 0 Å². The lowest BCUT2D eigenvalue weighted by atomic mass is 9.56. The van der Waals surface area contributed by atoms with Gasteiger partial charge in [-0.1, -0.05) is 0 Å². The minimum absolute atomic E-state index is 0.290. The quantitative estimate of drug-likeness (QED) is 0.846. The molecule has 5 fully saturated rings. The van der Waals surface area contributed by atoms with Gasteiger partial charge in [0.1, 0.15) is 0 Å². The molecule has 1 amide bonds. The van der Waals surface area contributed by atoms with Gasteiger partial charge >= 0.3 is 0 Å². The van der Waals surface area contributed by atoms with Crippen LogP contribution >= 0.6 is 11.8 Å². The summed E-state index contributed by atoms with van der Waals surface area (Å²) in [6.07, 6.45) is 11.1. The van der Waals surface area contributed by atoms with E-state index in [1.807, 2.05) is 11.8 Å². The van der Waals surface area contributed by atoms with Crippen LogP contribution in [0.4, 0.5) is 0 Å². The Bertz CT molecular complexity index is 328. The number of amides is 1. The first-order chi connectivity index (χ1) is 8.71. The third-order valence-corrected chi connectivity index (χ3v) is 6.95. The van der Waals surface area contributed by atoms with Gasteiger partial charge < -0.3 is 5.32 Å². The Kier molecular flexibility index (Phi) is 2.69. The lowest BCUT2D eigenvalue weighted by Gasteiger charge is -2.56. The van der Waals surface area contributed by atoms with Crippen LogP contribution < -0.4 is 5.32 Å². The van der Waals surface area contributed by atoms with Gasteiger partial charge in [-0.2, -0.15) is 0 Å². The number of hydrogen-bond acceptors (Lipinski definition) is 2. The normalized spacial score (nSPS) is 45.2. The highest BCUT2D eigenvalue weighted by atomic mass is 32.2. The van der Waals surface area contributed by atoms with Gasteiger partial charge in [-0.15, -0.1) is 11.8 Å². The van der Waals surface area contributed by atoms with Crippen LogP contribution in [0.15, 0.2) is 0 Å². The van der Waals surface area contributed by atoms with Crippen molar-refractivity contribution >= 4 is 17.7 Å². The molecule has 4 bridgehead atoms. The van der Waals surface area contributed by atoms with Crippen molar-refractivity contribution in [2.75, 3.05) is 5.75 Å². The number of thioether (sulfide) groups is 1. The van der Waals surface area contributed by atoms with Crippen molar-refractivity contribution < 1.29 is 4.79 Å². The van der Waals surface area contributed by atoms with Crippen molar-refractivity contribution in [3.63, 3.8) is 0 Å². The van der Waals surface area contributed by atoms with Crippen molar-refractivity contribution in [1.82, 2.24) is 5.32 Å². The summed E-state index contributed by atoms with van der Waals surface area (Å²) in [7, 11) is 0. The lowest BCUT2D eigenvalue weighted by molar-refractivity contribution is -0.118. The molecule has 0 heterocycles. The molecule has 0 aromatic rings. The highest BCUT2D eigenvalue weighted by molar-refractivity contribution is 8.01. The summed E-state index contributed by atoms with van der Waals surface area (Å²) >= 11 is 2.00. The van der Waals surface area contributed by atoms with E-state index in [9.17, 15) is 4.79 Å². The number of hydrogen-bond donors (Lipinski definition) is 1. The molecule has 1 N–H and O–H groups in total. The Balaban J connectivity index is 1.36. The van der Waals surface area contributed by atoms with Gasteiger partial charge in [-0.3, -0.25) is 4.79 Å². The monoisotopic (exact) mass is 265 g/mol. The Hall–Kier alpha value is -0.180. The second-order valence-corrected chi connectivity index (χ2v) is 8.67. The molecule has 0 aromatic carbocycles. The standard InChI is InChI=1S/C15H23NOS/c17-14(16-13-1-2-13)9-18-15-6-10-3-11(7-15)5-12(4-10)8-15/h10-13H,1-9H2,(H,16,17). The molecule has 0 aliphatic heterocycles. The molecule has 0 unspecified atom stereocenters. The summed E-state index contributed by atoms with van der Waals surface area (Å²) in [5.41, 5.74) is 0. The molecule has 3 heteroatoms. The van der Waals surface area contributed by atoms with Crippen LogP contribution in [0.25, 0.3) is 0 Å². The molecule has 2 nitrogen and oxygen atoms in total. The van der Waals surface area contributed by atoms with Gasteiger partial charge in [0.2, 0.25) is 5.91 Å². The maximum atomic E-state index is 11.9. The minimum atomic E-state index is 0.290. The van der Waals surface area contributed by atoms with Crippen LogP contribution in [0, 0.1) is 17.8 Å². The fraction of sp³-hybridized carbons (Fsp3) is 0.933. The number of carbonyl (C=O) groups is 1. The zero-order chi connectivity index (χ0) is 12.2. The second-order valence-electron chi connectivity index (χ2n) is 7.23. The number of rotatable bonds is 4. The first-order valence-electron chi connectivity index (χ1n) is 7.64. The Labute approximate surface area is 114 Å². The predicted octanol–water partition coefficient (Wildman–Crippen LogP) is 2.97. The van der Waals surface area contributed by atoms with E-state index >= 15 is 0 Å². The molecule has 18 heavy (non-hydrogen) atoms. The molecule has 100 valence electrons. The van der Waals surface area contributed by atoms with E-state index < -0.39 is 0 Å². The smallest absolute Gasteiger partial charge is 0.230 e. The summed E-state index contributed by atoms with van der Waals surface area (Å²) in [6, 6.07) is 0.523. The molecular formula is C15H23NOS. The summed E-state index contributed by atoms with van der Waals surface area (Å²) in [5, 5.41) is 3.13. The molecule has 5 saturated carbocycles. The van der Waals surface area contributed by atoms with Crippen molar-refractivity contribution in [3.05, 3.63) is 0 Å². The van der Waals surface area contributed by atoms with Gasteiger partial charge in [0.05, 0.1) is 5.75 Å². The van der Waals surface area contributed by atoms with E-state index in [1.54, 1.807) is 0 Å². The molecule has 5 aliphatic carbocycles. The van der Waals surface area contributed by atoms with E-state index in [4.69, 9.17) is 0 Å². The average molecular weight is 265 g/mol. The van der Waals surface area contributed by atoms with Gasteiger partial charge in [0.15, 0.2) is 0 Å². The lowest BCUT2D eigenvalue weighted by Crippen LogP contribution is -2.49. The minimum Gasteiger partial charge on any atom is -0.353 e. The first-order valence-corrected chi connectivity index (χ1v) is 8.63. The van der Waals surface area contributed by atoms with Gasteiger partial charge in [0, 0.05) is 10.8 Å². The first kappa shape index (κ1) is 11.6. The van der Waals surface area contributed by atoms with Crippen molar-refractivity contribution in [2.24, 2.45) is 17.8 Å². The average Bonchev–Trinajstić information content (AvgIpc) is 3.09. The van der Waals surface area contributed by atoms with Gasteiger partial charge in [-0.05, 0) is 69.1 Å². The highest BCUT2D eigenvalue weighted by Crippen LogP contribution is 2.60. The summed E-state index contributed by atoms with van der Waals surface area (Å²) in [6.45, 7) is 0. The van der Waals surface area contributed by atoms with Crippen LogP contribution in [-0.4, -0.2) is 22.4 Å². The van der Waals surface area contributed by atoms with E-state index in [-0.39, 0.29) is 0 Å². The zero-order valence-electron chi connectivity index (χ0n) is 11.0. The van der Waals surface area contributed by atoms with E-state index in [2.05, 4.69) is 5.32 Å². The van der Waals surface area contributed by atoms with Crippen molar-refractivity contribution in [2.45, 2.75) is 62.2 Å². The molecule has 0 spiro atoms. The maximum absolute atomic E-state index is 11.9. The summed E-state index contributed by atoms with van der Waals surface area (Å²) < 4.78 is 0.496. The third-order valence-electron chi connectivity index (χ3n) is 5.43. The second kappa shape index (κ2) is 4.16. The SMILES string of the molecule is O=C(CSC12CC3CC(CC(C3)C1)C2)NC1CC1.